The molecular weight excluding hydrogens is 261 g/mol. The van der Waals surface area contributed by atoms with Gasteiger partial charge in [0, 0.05) is 7.11 Å². The number of methoxy groups -OCH3 is 1. The number of rotatable bonds is 3. The first kappa shape index (κ1) is 14.4. The Balaban J connectivity index is 3.22. The Morgan fingerprint density at radius 1 is 1.00 bits per heavy atom. The Morgan fingerprint density at radius 3 is 1.78 bits per heavy atom. The van der Waals surface area contributed by atoms with Crippen molar-refractivity contribution in [2.75, 3.05) is 12.4 Å². The zero-order valence-corrected chi connectivity index (χ0v) is 9.28. The van der Waals surface area contributed by atoms with Crippen molar-refractivity contribution in [3.05, 3.63) is 29.1 Å². The van der Waals surface area contributed by atoms with Crippen LogP contribution in [0.3, 0.4) is 0 Å². The fraction of sp³-hybridized carbons (Fsp3) is 0.300. The summed E-state index contributed by atoms with van der Waals surface area (Å²) in [7, 11) is 1.14. The molecule has 0 aromatic heterocycles. The van der Waals surface area contributed by atoms with Gasteiger partial charge in [0.15, 0.2) is 23.3 Å². The average molecular weight is 269 g/mol. The molecule has 0 radical (unpaired) electrons. The smallest absolute Gasteiger partial charge is 0.253 e. The third kappa shape index (κ3) is 2.42. The Kier molecular flexibility index (Phi) is 4.23. The first-order valence-electron chi connectivity index (χ1n) is 4.66. The second-order valence-corrected chi connectivity index (χ2v) is 3.31. The van der Waals surface area contributed by atoms with E-state index < -0.39 is 46.8 Å². The summed E-state index contributed by atoms with van der Waals surface area (Å²) in [6, 6.07) is 0. The largest absolute Gasteiger partial charge is 0.372 e. The van der Waals surface area contributed by atoms with Gasteiger partial charge in [-0.25, -0.2) is 22.0 Å². The highest BCUT2D eigenvalue weighted by Crippen LogP contribution is 2.27. The van der Waals surface area contributed by atoms with Crippen molar-refractivity contribution >= 4 is 11.6 Å². The Morgan fingerprint density at radius 2 is 1.39 bits per heavy atom. The summed E-state index contributed by atoms with van der Waals surface area (Å²) in [6.07, 6.45) is -1.11. The number of nitrogens with one attached hydrogen (secondary N) is 1. The van der Waals surface area contributed by atoms with Crippen LogP contribution in [0.15, 0.2) is 0 Å². The first-order chi connectivity index (χ1) is 8.31. The highest BCUT2D eigenvalue weighted by molar-refractivity contribution is 5.94. The SMILES string of the molecule is COC(C)C(=O)Nc1c(F)c(F)c(F)c(F)c1F. The van der Waals surface area contributed by atoms with Gasteiger partial charge in [-0.15, -0.1) is 0 Å². The van der Waals surface area contributed by atoms with Gasteiger partial charge in [0.1, 0.15) is 11.8 Å². The predicted octanol–water partition coefficient (Wildman–Crippen LogP) is 2.36. The Hall–Kier alpha value is -1.70. The molecule has 8 heteroatoms. The fourth-order valence-electron chi connectivity index (χ4n) is 1.05. The maximum Gasteiger partial charge on any atom is 0.253 e. The molecule has 1 N–H and O–H groups in total. The molecule has 0 aliphatic carbocycles. The number of benzene rings is 1. The monoisotopic (exact) mass is 269 g/mol. The summed E-state index contributed by atoms with van der Waals surface area (Å²) < 4.78 is 69.1. The number of carbonyl (C=O) groups is 1. The second-order valence-electron chi connectivity index (χ2n) is 3.31. The number of halogens is 5. The normalized spacial score (nSPS) is 12.4. The molecule has 1 rings (SSSR count). The van der Waals surface area contributed by atoms with E-state index in [-0.39, 0.29) is 0 Å². The number of hydrogen-bond donors (Lipinski definition) is 1. The van der Waals surface area contributed by atoms with E-state index in [1.165, 1.54) is 6.92 Å². The van der Waals surface area contributed by atoms with Crippen LogP contribution in [0.4, 0.5) is 27.6 Å². The summed E-state index contributed by atoms with van der Waals surface area (Å²) in [5.41, 5.74) is -1.40. The van der Waals surface area contributed by atoms with Crippen LogP contribution in [0.5, 0.6) is 0 Å². The van der Waals surface area contributed by atoms with Crippen LogP contribution in [-0.4, -0.2) is 19.1 Å². The number of anilines is 1. The van der Waals surface area contributed by atoms with Crippen molar-refractivity contribution in [2.24, 2.45) is 0 Å². The van der Waals surface area contributed by atoms with E-state index in [4.69, 9.17) is 0 Å². The van der Waals surface area contributed by atoms with Gasteiger partial charge in [-0.05, 0) is 6.92 Å². The van der Waals surface area contributed by atoms with Crippen LogP contribution in [0.1, 0.15) is 6.92 Å². The molecule has 1 atom stereocenters. The van der Waals surface area contributed by atoms with Crippen molar-refractivity contribution in [3.8, 4) is 0 Å². The third-order valence-corrected chi connectivity index (χ3v) is 2.18. The summed E-state index contributed by atoms with van der Waals surface area (Å²) >= 11 is 0. The summed E-state index contributed by atoms with van der Waals surface area (Å²) in [5, 5.41) is 1.58. The van der Waals surface area contributed by atoms with E-state index in [0.717, 1.165) is 7.11 Å². The molecule has 0 saturated carbocycles. The molecule has 3 nitrogen and oxygen atoms in total. The van der Waals surface area contributed by atoms with Crippen LogP contribution < -0.4 is 5.32 Å². The molecule has 1 aromatic carbocycles. The van der Waals surface area contributed by atoms with Crippen LogP contribution in [0, 0.1) is 29.1 Å². The maximum absolute atomic E-state index is 13.2. The Labute approximate surface area is 98.5 Å². The van der Waals surface area contributed by atoms with E-state index in [9.17, 15) is 26.7 Å². The van der Waals surface area contributed by atoms with Crippen LogP contribution in [0.25, 0.3) is 0 Å². The fourth-order valence-corrected chi connectivity index (χ4v) is 1.05. The molecule has 0 fully saturated rings. The molecule has 1 amide bonds. The van der Waals surface area contributed by atoms with Crippen molar-refractivity contribution in [3.63, 3.8) is 0 Å². The standard InChI is InChI=1S/C10H8F5NO2/c1-3(18-2)10(17)16-9-7(14)5(12)4(11)6(13)8(9)15/h3H,1-2H3,(H,16,17). The molecule has 1 unspecified atom stereocenters. The lowest BCUT2D eigenvalue weighted by Crippen LogP contribution is -2.28. The lowest BCUT2D eigenvalue weighted by molar-refractivity contribution is -0.124. The van der Waals surface area contributed by atoms with Crippen molar-refractivity contribution in [1.82, 2.24) is 0 Å². The van der Waals surface area contributed by atoms with Crippen LogP contribution >= 0.6 is 0 Å². The third-order valence-electron chi connectivity index (χ3n) is 2.18. The van der Waals surface area contributed by atoms with Gasteiger partial charge in [-0.2, -0.15) is 0 Å². The molecular formula is C10H8F5NO2. The van der Waals surface area contributed by atoms with Gasteiger partial charge in [-0.3, -0.25) is 4.79 Å². The maximum atomic E-state index is 13.2. The minimum Gasteiger partial charge on any atom is -0.372 e. The van der Waals surface area contributed by atoms with E-state index >= 15 is 0 Å². The number of hydrogen-bond acceptors (Lipinski definition) is 2. The molecule has 1 aromatic rings. The summed E-state index contributed by atoms with van der Waals surface area (Å²) in [6.45, 7) is 1.24. The van der Waals surface area contributed by atoms with E-state index in [0.29, 0.717) is 0 Å². The Bertz CT molecular complexity index is 463. The molecule has 0 aliphatic heterocycles. The first-order valence-corrected chi connectivity index (χ1v) is 4.66. The van der Waals surface area contributed by atoms with Crippen LogP contribution in [-0.2, 0) is 9.53 Å². The average Bonchev–Trinajstić information content (AvgIpc) is 2.37. The van der Waals surface area contributed by atoms with Gasteiger partial charge >= 0.3 is 0 Å². The van der Waals surface area contributed by atoms with Crippen molar-refractivity contribution in [2.45, 2.75) is 13.0 Å². The van der Waals surface area contributed by atoms with Crippen molar-refractivity contribution < 1.29 is 31.5 Å². The molecule has 18 heavy (non-hydrogen) atoms. The molecule has 0 spiro atoms. The van der Waals surface area contributed by atoms with E-state index in [1.54, 1.807) is 5.32 Å². The van der Waals surface area contributed by atoms with Crippen molar-refractivity contribution in [1.29, 1.82) is 0 Å². The number of ether oxygens (including phenoxy) is 1. The van der Waals surface area contributed by atoms with E-state index in [1.807, 2.05) is 0 Å². The summed E-state index contributed by atoms with van der Waals surface area (Å²) in [5.74, 6) is -11.8. The topological polar surface area (TPSA) is 38.3 Å². The number of carbonyl (C=O) groups excluding carboxylic acids is 1. The minimum atomic E-state index is -2.29. The van der Waals surface area contributed by atoms with E-state index in [2.05, 4.69) is 4.74 Å². The lowest BCUT2D eigenvalue weighted by Gasteiger charge is -2.12. The summed E-state index contributed by atoms with van der Waals surface area (Å²) in [4.78, 5) is 11.2. The predicted molar refractivity (Wildman–Crippen MR) is 51.3 cm³/mol. The lowest BCUT2D eigenvalue weighted by atomic mass is 10.2. The number of amides is 1. The van der Waals surface area contributed by atoms with Gasteiger partial charge in [0.2, 0.25) is 5.82 Å². The molecule has 0 bridgehead atoms. The van der Waals surface area contributed by atoms with Gasteiger partial charge in [0.05, 0.1) is 0 Å². The van der Waals surface area contributed by atoms with Crippen LogP contribution in [0.2, 0.25) is 0 Å². The highest BCUT2D eigenvalue weighted by atomic mass is 19.2. The zero-order valence-electron chi connectivity index (χ0n) is 9.28. The second kappa shape index (κ2) is 5.30. The minimum absolute atomic E-state index is 1.04. The van der Waals surface area contributed by atoms with Gasteiger partial charge in [-0.1, -0.05) is 0 Å². The zero-order chi connectivity index (χ0) is 14.0. The molecule has 0 heterocycles. The molecule has 0 saturated heterocycles. The molecule has 100 valence electrons. The van der Waals surface area contributed by atoms with Gasteiger partial charge in [0.25, 0.3) is 5.91 Å². The quantitative estimate of drug-likeness (QED) is 0.519. The van der Waals surface area contributed by atoms with Gasteiger partial charge < -0.3 is 10.1 Å². The highest BCUT2D eigenvalue weighted by Gasteiger charge is 2.27. The molecule has 0 aliphatic rings.